The molecule has 0 N–H and O–H groups in total. The highest BCUT2D eigenvalue weighted by atomic mass is 16.5. The van der Waals surface area contributed by atoms with Gasteiger partial charge in [0.05, 0.1) is 39.1 Å². The quantitative estimate of drug-likeness (QED) is 0.186. The molecule has 0 bridgehead atoms. The van der Waals surface area contributed by atoms with Gasteiger partial charge in [-0.15, -0.1) is 0 Å². The Hall–Kier alpha value is -7.24. The molecule has 4 heterocycles. The van der Waals surface area contributed by atoms with Crippen LogP contribution in [0.2, 0.25) is 0 Å². The monoisotopic (exact) mass is 679 g/mol. The van der Waals surface area contributed by atoms with E-state index in [1.165, 1.54) is 43.7 Å². The van der Waals surface area contributed by atoms with Crippen LogP contribution < -0.4 is 14.4 Å². The first-order chi connectivity index (χ1) is 26.3. The molecular formula is C48H29N3O2. The maximum atomic E-state index is 6.64. The maximum absolute atomic E-state index is 6.64. The Morgan fingerprint density at radius 3 is 1.53 bits per heavy atom. The van der Waals surface area contributed by atoms with E-state index in [4.69, 9.17) is 9.47 Å². The Morgan fingerprint density at radius 1 is 0.321 bits per heavy atom. The summed E-state index contributed by atoms with van der Waals surface area (Å²) in [5.41, 5.74) is 12.0. The van der Waals surface area contributed by atoms with E-state index in [2.05, 4.69) is 154 Å². The maximum Gasteiger partial charge on any atom is 0.157 e. The molecule has 0 saturated heterocycles. The Morgan fingerprint density at radius 2 is 0.830 bits per heavy atom. The van der Waals surface area contributed by atoms with Crippen LogP contribution in [0.3, 0.4) is 0 Å². The Labute approximate surface area is 304 Å². The van der Waals surface area contributed by atoms with E-state index in [-0.39, 0.29) is 0 Å². The molecular weight excluding hydrogens is 651 g/mol. The van der Waals surface area contributed by atoms with Gasteiger partial charge in [0.1, 0.15) is 5.69 Å². The minimum Gasteiger partial charge on any atom is -0.453 e. The lowest BCUT2D eigenvalue weighted by molar-refractivity contribution is 0.445. The number of fused-ring (bicyclic) bond motifs is 10. The second-order valence-electron chi connectivity index (χ2n) is 13.8. The van der Waals surface area contributed by atoms with Crippen LogP contribution in [0.5, 0.6) is 23.0 Å². The highest BCUT2D eigenvalue weighted by molar-refractivity contribution is 6.12. The number of ether oxygens (including phenoxy) is 2. The lowest BCUT2D eigenvalue weighted by Crippen LogP contribution is -2.20. The van der Waals surface area contributed by atoms with Crippen molar-refractivity contribution in [3.63, 3.8) is 0 Å². The Bertz CT molecular complexity index is 3070. The number of anilines is 3. The number of aromatic nitrogens is 2. The first kappa shape index (κ1) is 28.5. The van der Waals surface area contributed by atoms with Crippen LogP contribution in [-0.4, -0.2) is 9.13 Å². The number of hydrogen-bond donors (Lipinski definition) is 0. The van der Waals surface area contributed by atoms with Crippen molar-refractivity contribution in [2.75, 3.05) is 4.90 Å². The zero-order valence-electron chi connectivity index (χ0n) is 28.4. The molecule has 8 aromatic carbocycles. The zero-order valence-corrected chi connectivity index (χ0v) is 28.4. The van der Waals surface area contributed by atoms with Crippen LogP contribution in [0.25, 0.3) is 66.1 Å². The Kier molecular flexibility index (Phi) is 5.71. The molecule has 0 atom stereocenters. The van der Waals surface area contributed by atoms with Gasteiger partial charge in [0, 0.05) is 39.4 Å². The molecule has 0 radical (unpaired) electrons. The van der Waals surface area contributed by atoms with Crippen LogP contribution in [0.1, 0.15) is 0 Å². The SMILES string of the molecule is c1ccc(-n2c3ccccc3c3ccc(-c4ccc5c(c4)c4ccccc4n5-c4cc5c6c(c4)Oc4ccccc4N6c4ccccc4O5)cc32)cc1. The third kappa shape index (κ3) is 4.02. The van der Waals surface area contributed by atoms with Crippen molar-refractivity contribution in [1.29, 1.82) is 0 Å². The fraction of sp³-hybridized carbons (Fsp3) is 0. The van der Waals surface area contributed by atoms with E-state index in [1.54, 1.807) is 0 Å². The molecule has 2 aliphatic heterocycles. The lowest BCUT2D eigenvalue weighted by atomic mass is 10.0. The minimum absolute atomic E-state index is 0.760. The molecule has 0 saturated carbocycles. The Balaban J connectivity index is 1.05. The van der Waals surface area contributed by atoms with E-state index in [0.717, 1.165) is 62.5 Å². The minimum atomic E-state index is 0.760. The van der Waals surface area contributed by atoms with Crippen LogP contribution in [0.4, 0.5) is 17.1 Å². The third-order valence-electron chi connectivity index (χ3n) is 10.9. The van der Waals surface area contributed by atoms with Gasteiger partial charge in [0.15, 0.2) is 23.0 Å². The third-order valence-corrected chi connectivity index (χ3v) is 10.9. The van der Waals surface area contributed by atoms with E-state index < -0.39 is 0 Å². The van der Waals surface area contributed by atoms with E-state index >= 15 is 0 Å². The summed E-state index contributed by atoms with van der Waals surface area (Å²) in [6, 6.07) is 62.4. The molecule has 0 amide bonds. The second-order valence-corrected chi connectivity index (χ2v) is 13.8. The normalized spacial score (nSPS) is 12.8. The van der Waals surface area contributed by atoms with E-state index in [9.17, 15) is 0 Å². The van der Waals surface area contributed by atoms with Crippen LogP contribution in [-0.2, 0) is 0 Å². The smallest absolute Gasteiger partial charge is 0.157 e. The van der Waals surface area contributed by atoms with Crippen molar-refractivity contribution < 1.29 is 9.47 Å². The molecule has 0 fully saturated rings. The molecule has 5 heteroatoms. The highest BCUT2D eigenvalue weighted by Crippen LogP contribution is 2.60. The molecule has 5 nitrogen and oxygen atoms in total. The van der Waals surface area contributed by atoms with Crippen LogP contribution in [0, 0.1) is 0 Å². The van der Waals surface area contributed by atoms with Crippen molar-refractivity contribution in [3.8, 4) is 45.5 Å². The van der Waals surface area contributed by atoms with Gasteiger partial charge in [-0.05, 0) is 77.9 Å². The number of rotatable bonds is 3. The van der Waals surface area contributed by atoms with Gasteiger partial charge < -0.3 is 18.6 Å². The zero-order chi connectivity index (χ0) is 34.6. The first-order valence-corrected chi connectivity index (χ1v) is 17.9. The van der Waals surface area contributed by atoms with Crippen molar-refractivity contribution in [2.24, 2.45) is 0 Å². The van der Waals surface area contributed by atoms with Crippen LogP contribution in [0.15, 0.2) is 176 Å². The summed E-state index contributed by atoms with van der Waals surface area (Å²) in [7, 11) is 0. The van der Waals surface area contributed by atoms with Gasteiger partial charge >= 0.3 is 0 Å². The largest absolute Gasteiger partial charge is 0.453 e. The highest BCUT2D eigenvalue weighted by Gasteiger charge is 2.35. The van der Waals surface area contributed by atoms with Crippen molar-refractivity contribution in [2.45, 2.75) is 0 Å². The average molecular weight is 680 g/mol. The van der Waals surface area contributed by atoms with Gasteiger partial charge in [0.25, 0.3) is 0 Å². The molecule has 12 rings (SSSR count). The topological polar surface area (TPSA) is 31.6 Å². The van der Waals surface area contributed by atoms with Crippen molar-refractivity contribution in [1.82, 2.24) is 9.13 Å². The average Bonchev–Trinajstić information content (AvgIpc) is 3.73. The molecule has 0 spiro atoms. The van der Waals surface area contributed by atoms with Gasteiger partial charge in [-0.1, -0.05) is 97.1 Å². The summed E-state index contributed by atoms with van der Waals surface area (Å²) in [6.45, 7) is 0. The summed E-state index contributed by atoms with van der Waals surface area (Å²) in [5.74, 6) is 3.15. The van der Waals surface area contributed by atoms with E-state index in [1.807, 2.05) is 36.4 Å². The first-order valence-electron chi connectivity index (χ1n) is 17.9. The fourth-order valence-corrected chi connectivity index (χ4v) is 8.57. The van der Waals surface area contributed by atoms with Crippen molar-refractivity contribution >= 4 is 60.7 Å². The molecule has 2 aliphatic rings. The van der Waals surface area contributed by atoms with Crippen LogP contribution >= 0.6 is 0 Å². The summed E-state index contributed by atoms with van der Waals surface area (Å²) in [5, 5.41) is 4.88. The molecule has 0 unspecified atom stereocenters. The predicted octanol–water partition coefficient (Wildman–Crippen LogP) is 13.2. The standard InChI is InChI=1S/C48H29N3O2/c1-2-12-32(13-3-1)49-38-16-6-4-14-34(38)36-24-22-31(27-43(36)49)30-23-25-40-37(26-30)35-15-5-7-17-39(35)50(40)33-28-46-48-47(29-33)53-45-21-11-9-19-42(45)51(48)41-18-8-10-20-44(41)52-46/h1-29H. The molecule has 0 aliphatic carbocycles. The number of benzene rings is 8. The molecule has 53 heavy (non-hydrogen) atoms. The summed E-state index contributed by atoms with van der Waals surface area (Å²) < 4.78 is 18.0. The summed E-state index contributed by atoms with van der Waals surface area (Å²) in [4.78, 5) is 2.26. The van der Waals surface area contributed by atoms with E-state index in [0.29, 0.717) is 0 Å². The second kappa shape index (κ2) is 10.6. The van der Waals surface area contributed by atoms with Gasteiger partial charge in [0.2, 0.25) is 0 Å². The molecule has 10 aromatic rings. The molecule has 2 aromatic heterocycles. The number of para-hydroxylation sites is 7. The van der Waals surface area contributed by atoms with Gasteiger partial charge in [-0.3, -0.25) is 4.90 Å². The predicted molar refractivity (Wildman–Crippen MR) is 215 cm³/mol. The number of hydrogen-bond acceptors (Lipinski definition) is 3. The molecule has 248 valence electrons. The fourth-order valence-electron chi connectivity index (χ4n) is 8.57. The lowest BCUT2D eigenvalue weighted by Gasteiger charge is -2.38. The van der Waals surface area contributed by atoms with Gasteiger partial charge in [-0.25, -0.2) is 0 Å². The summed E-state index contributed by atoms with van der Waals surface area (Å²) >= 11 is 0. The summed E-state index contributed by atoms with van der Waals surface area (Å²) in [6.07, 6.45) is 0. The van der Waals surface area contributed by atoms with Crippen molar-refractivity contribution in [3.05, 3.63) is 176 Å². The van der Waals surface area contributed by atoms with Gasteiger partial charge in [-0.2, -0.15) is 0 Å². The number of nitrogens with zero attached hydrogens (tertiary/aromatic N) is 3.